The molecule has 1 unspecified atom stereocenters. The fourth-order valence-electron chi connectivity index (χ4n) is 3.56. The summed E-state index contributed by atoms with van der Waals surface area (Å²) in [6, 6.07) is 27.1. The zero-order valence-corrected chi connectivity index (χ0v) is 19.7. The first kappa shape index (κ1) is 22.6. The largest absolute Gasteiger partial charge is 0.325 e. The van der Waals surface area contributed by atoms with Gasteiger partial charge in [0, 0.05) is 21.8 Å². The van der Waals surface area contributed by atoms with Crippen molar-refractivity contribution in [3.05, 3.63) is 102 Å². The van der Waals surface area contributed by atoms with Gasteiger partial charge in [-0.2, -0.15) is 0 Å². The highest BCUT2D eigenvalue weighted by Gasteiger charge is 2.16. The Balaban J connectivity index is 1.42. The van der Waals surface area contributed by atoms with E-state index in [2.05, 4.69) is 10.6 Å². The minimum Gasteiger partial charge on any atom is -0.325 e. The van der Waals surface area contributed by atoms with E-state index in [1.54, 1.807) is 0 Å². The Hall–Kier alpha value is -3.57. The van der Waals surface area contributed by atoms with Crippen molar-refractivity contribution in [2.45, 2.75) is 30.9 Å². The average Bonchev–Trinajstić information content (AvgIpc) is 2.82. The summed E-state index contributed by atoms with van der Waals surface area (Å²) < 4.78 is 0. The summed E-state index contributed by atoms with van der Waals surface area (Å²) in [4.78, 5) is 26.4. The average molecular weight is 455 g/mol. The number of amides is 2. The van der Waals surface area contributed by atoms with Gasteiger partial charge in [-0.3, -0.25) is 9.59 Å². The first-order valence-corrected chi connectivity index (χ1v) is 11.7. The quantitative estimate of drug-likeness (QED) is 0.314. The van der Waals surface area contributed by atoms with Gasteiger partial charge in [0.05, 0.1) is 5.25 Å². The van der Waals surface area contributed by atoms with Gasteiger partial charge in [0.2, 0.25) is 5.91 Å². The number of hydrogen-bond donors (Lipinski definition) is 2. The molecule has 0 saturated heterocycles. The van der Waals surface area contributed by atoms with E-state index in [-0.39, 0.29) is 17.1 Å². The monoisotopic (exact) mass is 454 g/mol. The molecular formula is C28H26N2O2S. The standard InChI is InChI=1S/C28H26N2O2S/c1-18-8-6-13-26(19(18)2)30-27(31)20(3)33-25-12-7-11-24(17-25)29-28(32)23-15-14-21-9-4-5-10-22(21)16-23/h4-17,20H,1-3H3,(H,29,32)(H,30,31). The lowest BCUT2D eigenvalue weighted by atomic mass is 10.1. The van der Waals surface area contributed by atoms with Gasteiger partial charge in [-0.25, -0.2) is 0 Å². The van der Waals surface area contributed by atoms with E-state index in [4.69, 9.17) is 0 Å². The van der Waals surface area contributed by atoms with Gasteiger partial charge in [0.15, 0.2) is 0 Å². The van der Waals surface area contributed by atoms with Crippen LogP contribution < -0.4 is 10.6 Å². The number of hydrogen-bond acceptors (Lipinski definition) is 3. The molecule has 4 rings (SSSR count). The Morgan fingerprint density at radius 2 is 1.55 bits per heavy atom. The Bertz CT molecular complexity index is 1330. The van der Waals surface area contributed by atoms with Crippen LogP contribution in [0.3, 0.4) is 0 Å². The molecular weight excluding hydrogens is 428 g/mol. The van der Waals surface area contributed by atoms with E-state index in [0.717, 1.165) is 32.5 Å². The first-order chi connectivity index (χ1) is 15.9. The SMILES string of the molecule is Cc1cccc(NC(=O)C(C)Sc2cccc(NC(=O)c3ccc4ccccc4c3)c2)c1C. The first-order valence-electron chi connectivity index (χ1n) is 10.8. The smallest absolute Gasteiger partial charge is 0.255 e. The van der Waals surface area contributed by atoms with Crippen LogP contribution in [0.25, 0.3) is 10.8 Å². The van der Waals surface area contributed by atoms with Crippen LogP contribution in [0.15, 0.2) is 89.8 Å². The highest BCUT2D eigenvalue weighted by molar-refractivity contribution is 8.00. The van der Waals surface area contributed by atoms with Crippen LogP contribution in [0.5, 0.6) is 0 Å². The summed E-state index contributed by atoms with van der Waals surface area (Å²) in [6.07, 6.45) is 0. The number of rotatable bonds is 6. The third-order valence-electron chi connectivity index (χ3n) is 5.65. The predicted octanol–water partition coefficient (Wildman–Crippen LogP) is 6.83. The lowest BCUT2D eigenvalue weighted by molar-refractivity contribution is -0.115. The van der Waals surface area contributed by atoms with E-state index in [1.807, 2.05) is 106 Å². The molecule has 4 aromatic carbocycles. The second kappa shape index (κ2) is 9.92. The molecule has 4 aromatic rings. The van der Waals surface area contributed by atoms with Crippen molar-refractivity contribution in [1.82, 2.24) is 0 Å². The molecule has 0 aliphatic heterocycles. The number of carbonyl (C=O) groups is 2. The number of thioether (sulfide) groups is 1. The Kier molecular flexibility index (Phi) is 6.80. The Labute approximate surface area is 198 Å². The molecule has 4 nitrogen and oxygen atoms in total. The number of carbonyl (C=O) groups excluding carboxylic acids is 2. The molecule has 0 aliphatic carbocycles. The van der Waals surface area contributed by atoms with E-state index in [9.17, 15) is 9.59 Å². The van der Waals surface area contributed by atoms with Crippen molar-refractivity contribution in [2.24, 2.45) is 0 Å². The van der Waals surface area contributed by atoms with E-state index in [0.29, 0.717) is 11.3 Å². The molecule has 0 fully saturated rings. The molecule has 0 aromatic heterocycles. The normalized spacial score (nSPS) is 11.7. The van der Waals surface area contributed by atoms with E-state index < -0.39 is 0 Å². The molecule has 2 N–H and O–H groups in total. The molecule has 0 heterocycles. The zero-order chi connectivity index (χ0) is 23.4. The van der Waals surface area contributed by atoms with Gasteiger partial charge in [-0.1, -0.05) is 48.5 Å². The van der Waals surface area contributed by atoms with Gasteiger partial charge in [-0.05, 0) is 79.1 Å². The summed E-state index contributed by atoms with van der Waals surface area (Å²) in [5.41, 5.74) is 4.35. The van der Waals surface area contributed by atoms with Crippen molar-refractivity contribution >= 4 is 45.7 Å². The number of fused-ring (bicyclic) bond motifs is 1. The molecule has 0 bridgehead atoms. The maximum absolute atomic E-state index is 12.8. The fraction of sp³-hybridized carbons (Fsp3) is 0.143. The molecule has 1 atom stereocenters. The minimum atomic E-state index is -0.295. The highest BCUT2D eigenvalue weighted by Crippen LogP contribution is 2.28. The summed E-state index contributed by atoms with van der Waals surface area (Å²) in [7, 11) is 0. The molecule has 2 amide bonds. The van der Waals surface area contributed by atoms with Crippen molar-refractivity contribution in [3.63, 3.8) is 0 Å². The van der Waals surface area contributed by atoms with E-state index >= 15 is 0 Å². The third kappa shape index (κ3) is 5.44. The Morgan fingerprint density at radius 3 is 2.36 bits per heavy atom. The topological polar surface area (TPSA) is 58.2 Å². The molecule has 0 aliphatic rings. The van der Waals surface area contributed by atoms with Gasteiger partial charge in [0.1, 0.15) is 0 Å². The summed E-state index contributed by atoms with van der Waals surface area (Å²) >= 11 is 1.46. The van der Waals surface area contributed by atoms with Crippen LogP contribution >= 0.6 is 11.8 Å². The maximum atomic E-state index is 12.8. The number of anilines is 2. The van der Waals surface area contributed by atoms with Crippen LogP contribution in [-0.4, -0.2) is 17.1 Å². The van der Waals surface area contributed by atoms with Gasteiger partial charge in [-0.15, -0.1) is 11.8 Å². The zero-order valence-electron chi connectivity index (χ0n) is 18.9. The summed E-state index contributed by atoms with van der Waals surface area (Å²) in [6.45, 7) is 5.91. The minimum absolute atomic E-state index is 0.0562. The van der Waals surface area contributed by atoms with Crippen molar-refractivity contribution in [3.8, 4) is 0 Å². The van der Waals surface area contributed by atoms with E-state index in [1.165, 1.54) is 11.8 Å². The molecule has 0 spiro atoms. The van der Waals surface area contributed by atoms with Crippen LogP contribution in [0.1, 0.15) is 28.4 Å². The third-order valence-corrected chi connectivity index (χ3v) is 6.74. The van der Waals surface area contributed by atoms with Crippen LogP contribution in [-0.2, 0) is 4.79 Å². The van der Waals surface area contributed by atoms with Crippen LogP contribution in [0.2, 0.25) is 0 Å². The van der Waals surface area contributed by atoms with Gasteiger partial charge in [0.25, 0.3) is 5.91 Å². The lowest BCUT2D eigenvalue weighted by Crippen LogP contribution is -2.23. The second-order valence-corrected chi connectivity index (χ2v) is 9.45. The van der Waals surface area contributed by atoms with Gasteiger partial charge < -0.3 is 10.6 Å². The van der Waals surface area contributed by atoms with Crippen molar-refractivity contribution in [1.29, 1.82) is 0 Å². The van der Waals surface area contributed by atoms with Crippen molar-refractivity contribution < 1.29 is 9.59 Å². The van der Waals surface area contributed by atoms with Crippen LogP contribution in [0.4, 0.5) is 11.4 Å². The molecule has 0 saturated carbocycles. The fourth-order valence-corrected chi connectivity index (χ4v) is 4.49. The maximum Gasteiger partial charge on any atom is 0.255 e. The number of aryl methyl sites for hydroxylation is 1. The molecule has 33 heavy (non-hydrogen) atoms. The Morgan fingerprint density at radius 1 is 0.788 bits per heavy atom. The van der Waals surface area contributed by atoms with Crippen molar-refractivity contribution in [2.75, 3.05) is 10.6 Å². The van der Waals surface area contributed by atoms with Crippen LogP contribution in [0, 0.1) is 13.8 Å². The molecule has 166 valence electrons. The second-order valence-electron chi connectivity index (χ2n) is 8.04. The predicted molar refractivity (Wildman–Crippen MR) is 138 cm³/mol. The van der Waals surface area contributed by atoms with Gasteiger partial charge >= 0.3 is 0 Å². The lowest BCUT2D eigenvalue weighted by Gasteiger charge is -2.15. The highest BCUT2D eigenvalue weighted by atomic mass is 32.2. The summed E-state index contributed by atoms with van der Waals surface area (Å²) in [5, 5.41) is 7.82. The summed E-state index contributed by atoms with van der Waals surface area (Å²) in [5.74, 6) is -0.220. The molecule has 0 radical (unpaired) electrons. The number of nitrogens with one attached hydrogen (secondary N) is 2. The molecule has 5 heteroatoms. The number of benzene rings is 4.